The van der Waals surface area contributed by atoms with Gasteiger partial charge in [0.25, 0.3) is 0 Å². The fourth-order valence-corrected chi connectivity index (χ4v) is 0.876. The minimum atomic E-state index is -0.487. The SMILES string of the molecule is Cl.NC(=O)NCCc1cccnc1. The molecule has 0 aliphatic heterocycles. The second-order valence-corrected chi connectivity index (χ2v) is 2.40. The fraction of sp³-hybridized carbons (Fsp3) is 0.250. The molecule has 1 aromatic rings. The van der Waals surface area contributed by atoms with Crippen LogP contribution >= 0.6 is 12.4 Å². The number of nitrogens with one attached hydrogen (secondary N) is 1. The molecule has 0 radical (unpaired) electrons. The summed E-state index contributed by atoms with van der Waals surface area (Å²) in [5, 5.41) is 2.51. The van der Waals surface area contributed by atoms with E-state index in [9.17, 15) is 4.79 Å². The maximum Gasteiger partial charge on any atom is 0.312 e. The lowest BCUT2D eigenvalue weighted by Crippen LogP contribution is -2.30. The highest BCUT2D eigenvalue weighted by atomic mass is 35.5. The Morgan fingerprint density at radius 2 is 2.38 bits per heavy atom. The number of urea groups is 1. The maximum atomic E-state index is 10.3. The van der Waals surface area contributed by atoms with Gasteiger partial charge in [0.2, 0.25) is 0 Å². The van der Waals surface area contributed by atoms with Gasteiger partial charge >= 0.3 is 6.03 Å². The number of primary amides is 1. The van der Waals surface area contributed by atoms with Crippen LogP contribution in [-0.2, 0) is 6.42 Å². The molecule has 0 spiro atoms. The van der Waals surface area contributed by atoms with Crippen LogP contribution in [0.3, 0.4) is 0 Å². The molecule has 72 valence electrons. The Labute approximate surface area is 83.0 Å². The molecule has 0 fully saturated rings. The second kappa shape index (κ2) is 6.25. The van der Waals surface area contributed by atoms with Crippen LogP contribution in [0.4, 0.5) is 4.79 Å². The average molecular weight is 202 g/mol. The third-order valence-electron chi connectivity index (χ3n) is 1.44. The number of nitrogens with zero attached hydrogens (tertiary/aromatic N) is 1. The van der Waals surface area contributed by atoms with Crippen molar-refractivity contribution in [3.63, 3.8) is 0 Å². The van der Waals surface area contributed by atoms with E-state index >= 15 is 0 Å². The Kier molecular flexibility index (Phi) is 5.63. The van der Waals surface area contributed by atoms with Crippen molar-refractivity contribution in [1.82, 2.24) is 10.3 Å². The minimum Gasteiger partial charge on any atom is -0.352 e. The van der Waals surface area contributed by atoms with E-state index in [1.165, 1.54) is 0 Å². The molecule has 0 unspecified atom stereocenters. The topological polar surface area (TPSA) is 68.0 Å². The highest BCUT2D eigenvalue weighted by molar-refractivity contribution is 5.85. The Morgan fingerprint density at radius 1 is 1.62 bits per heavy atom. The van der Waals surface area contributed by atoms with Gasteiger partial charge in [-0.05, 0) is 18.1 Å². The normalized spacial score (nSPS) is 8.62. The highest BCUT2D eigenvalue weighted by Crippen LogP contribution is 1.94. The van der Waals surface area contributed by atoms with Crippen molar-refractivity contribution in [3.8, 4) is 0 Å². The van der Waals surface area contributed by atoms with Crippen molar-refractivity contribution in [3.05, 3.63) is 30.1 Å². The van der Waals surface area contributed by atoms with Crippen LogP contribution in [0.5, 0.6) is 0 Å². The van der Waals surface area contributed by atoms with E-state index in [4.69, 9.17) is 5.73 Å². The highest BCUT2D eigenvalue weighted by Gasteiger charge is 1.93. The van der Waals surface area contributed by atoms with Gasteiger partial charge < -0.3 is 11.1 Å². The Bertz CT molecular complexity index is 253. The molecular formula is C8H12ClN3O. The summed E-state index contributed by atoms with van der Waals surface area (Å²) in [6.07, 6.45) is 4.24. The van der Waals surface area contributed by atoms with Crippen molar-refractivity contribution in [2.24, 2.45) is 5.73 Å². The molecule has 0 atom stereocenters. The molecule has 1 heterocycles. The Balaban J connectivity index is 0.00000144. The van der Waals surface area contributed by atoms with Crippen molar-refractivity contribution < 1.29 is 4.79 Å². The number of carbonyl (C=O) groups excluding carboxylic acids is 1. The summed E-state index contributed by atoms with van der Waals surface area (Å²) in [4.78, 5) is 14.2. The van der Waals surface area contributed by atoms with E-state index in [2.05, 4.69) is 10.3 Å². The van der Waals surface area contributed by atoms with Crippen molar-refractivity contribution in [2.75, 3.05) is 6.54 Å². The van der Waals surface area contributed by atoms with Gasteiger partial charge in [-0.2, -0.15) is 0 Å². The molecular weight excluding hydrogens is 190 g/mol. The molecule has 0 aliphatic rings. The maximum absolute atomic E-state index is 10.3. The first kappa shape index (κ1) is 11.7. The quantitative estimate of drug-likeness (QED) is 0.757. The molecule has 4 nitrogen and oxygen atoms in total. The monoisotopic (exact) mass is 201 g/mol. The van der Waals surface area contributed by atoms with E-state index in [-0.39, 0.29) is 12.4 Å². The van der Waals surface area contributed by atoms with E-state index in [1.54, 1.807) is 12.4 Å². The zero-order valence-corrected chi connectivity index (χ0v) is 7.88. The number of halogens is 1. The standard InChI is InChI=1S/C8H11N3O.ClH/c9-8(12)11-5-3-7-2-1-4-10-6-7;/h1-2,4,6H,3,5H2,(H3,9,11,12);1H. The number of aromatic nitrogens is 1. The molecule has 5 heteroatoms. The lowest BCUT2D eigenvalue weighted by atomic mass is 10.2. The summed E-state index contributed by atoms with van der Waals surface area (Å²) in [5.74, 6) is 0. The number of carbonyl (C=O) groups is 1. The van der Waals surface area contributed by atoms with Gasteiger partial charge in [-0.15, -0.1) is 12.4 Å². The van der Waals surface area contributed by atoms with Crippen LogP contribution in [0.25, 0.3) is 0 Å². The number of rotatable bonds is 3. The predicted octanol–water partition coefficient (Wildman–Crippen LogP) is 0.714. The average Bonchev–Trinajstić information content (AvgIpc) is 2.05. The molecule has 0 aromatic carbocycles. The molecule has 1 rings (SSSR count). The molecule has 0 saturated heterocycles. The van der Waals surface area contributed by atoms with Crippen LogP contribution in [0, 0.1) is 0 Å². The van der Waals surface area contributed by atoms with Gasteiger partial charge in [0.15, 0.2) is 0 Å². The molecule has 3 N–H and O–H groups in total. The van der Waals surface area contributed by atoms with Crippen molar-refractivity contribution in [2.45, 2.75) is 6.42 Å². The molecule has 1 aromatic heterocycles. The van der Waals surface area contributed by atoms with Gasteiger partial charge in [0, 0.05) is 18.9 Å². The van der Waals surface area contributed by atoms with Crippen LogP contribution in [0.1, 0.15) is 5.56 Å². The van der Waals surface area contributed by atoms with E-state index in [1.807, 2.05) is 12.1 Å². The third-order valence-corrected chi connectivity index (χ3v) is 1.44. The number of hydrogen-bond acceptors (Lipinski definition) is 2. The van der Waals surface area contributed by atoms with Crippen LogP contribution < -0.4 is 11.1 Å². The summed E-state index contributed by atoms with van der Waals surface area (Å²) >= 11 is 0. The Morgan fingerprint density at radius 3 is 2.92 bits per heavy atom. The fourth-order valence-electron chi connectivity index (χ4n) is 0.876. The predicted molar refractivity (Wildman–Crippen MR) is 52.8 cm³/mol. The number of amides is 2. The van der Waals surface area contributed by atoms with Gasteiger partial charge in [-0.25, -0.2) is 4.79 Å². The largest absolute Gasteiger partial charge is 0.352 e. The third kappa shape index (κ3) is 5.03. The van der Waals surface area contributed by atoms with E-state index < -0.39 is 6.03 Å². The minimum absolute atomic E-state index is 0. The molecule has 0 saturated carbocycles. The van der Waals surface area contributed by atoms with Crippen LogP contribution in [0.15, 0.2) is 24.5 Å². The first-order chi connectivity index (χ1) is 5.79. The first-order valence-corrected chi connectivity index (χ1v) is 3.71. The van der Waals surface area contributed by atoms with Crippen LogP contribution in [0.2, 0.25) is 0 Å². The zero-order valence-electron chi connectivity index (χ0n) is 7.06. The molecule has 0 aliphatic carbocycles. The number of nitrogens with two attached hydrogens (primary N) is 1. The van der Waals surface area contributed by atoms with Crippen molar-refractivity contribution >= 4 is 18.4 Å². The smallest absolute Gasteiger partial charge is 0.312 e. The molecule has 2 amide bonds. The summed E-state index contributed by atoms with van der Waals surface area (Å²) < 4.78 is 0. The summed E-state index contributed by atoms with van der Waals surface area (Å²) in [5.41, 5.74) is 5.98. The number of pyridine rings is 1. The lowest BCUT2D eigenvalue weighted by molar-refractivity contribution is 0.249. The van der Waals surface area contributed by atoms with Gasteiger partial charge in [0.05, 0.1) is 0 Å². The van der Waals surface area contributed by atoms with Crippen LogP contribution in [-0.4, -0.2) is 17.6 Å². The van der Waals surface area contributed by atoms with Crippen molar-refractivity contribution in [1.29, 1.82) is 0 Å². The van der Waals surface area contributed by atoms with E-state index in [0.29, 0.717) is 6.54 Å². The first-order valence-electron chi connectivity index (χ1n) is 3.71. The summed E-state index contributed by atoms with van der Waals surface area (Å²) in [6.45, 7) is 0.557. The second-order valence-electron chi connectivity index (χ2n) is 2.40. The van der Waals surface area contributed by atoms with E-state index in [0.717, 1.165) is 12.0 Å². The van der Waals surface area contributed by atoms with Gasteiger partial charge in [-0.3, -0.25) is 4.98 Å². The molecule has 0 bridgehead atoms. The Hall–Kier alpha value is -1.29. The van der Waals surface area contributed by atoms with Gasteiger partial charge in [-0.1, -0.05) is 6.07 Å². The summed E-state index contributed by atoms with van der Waals surface area (Å²) in [6, 6.07) is 3.33. The number of hydrogen-bond donors (Lipinski definition) is 2. The lowest BCUT2D eigenvalue weighted by Gasteiger charge is -2.00. The summed E-state index contributed by atoms with van der Waals surface area (Å²) in [7, 11) is 0. The zero-order chi connectivity index (χ0) is 8.81. The van der Waals surface area contributed by atoms with Gasteiger partial charge in [0.1, 0.15) is 0 Å². The molecule has 13 heavy (non-hydrogen) atoms.